The van der Waals surface area contributed by atoms with Gasteiger partial charge in [-0.15, -0.1) is 0 Å². The van der Waals surface area contributed by atoms with E-state index in [4.69, 9.17) is 0 Å². The van der Waals surface area contributed by atoms with Crippen molar-refractivity contribution in [3.8, 4) is 0 Å². The highest BCUT2D eigenvalue weighted by molar-refractivity contribution is 5.86. The van der Waals surface area contributed by atoms with Gasteiger partial charge in [-0.3, -0.25) is 15.2 Å². The highest BCUT2D eigenvalue weighted by Crippen LogP contribution is 1.89. The SMILES string of the molecule is CC.CC.CC(=O)Nc1ncn[nH]1.Cc1n[nH]c(C)n1. The molecule has 2 aromatic heterocycles. The Kier molecular flexibility index (Phi) is 13.2. The van der Waals surface area contributed by atoms with E-state index in [-0.39, 0.29) is 5.91 Å². The average Bonchev–Trinajstić information content (AvgIpc) is 3.06. The molecule has 0 aliphatic carbocycles. The number of aryl methyl sites for hydroxylation is 2. The van der Waals surface area contributed by atoms with Crippen LogP contribution in [0, 0.1) is 13.8 Å². The van der Waals surface area contributed by atoms with Crippen LogP contribution >= 0.6 is 0 Å². The van der Waals surface area contributed by atoms with E-state index in [1.807, 2.05) is 41.5 Å². The van der Waals surface area contributed by atoms with Crippen LogP contribution in [0.1, 0.15) is 46.3 Å². The fourth-order valence-corrected chi connectivity index (χ4v) is 0.887. The van der Waals surface area contributed by atoms with E-state index in [9.17, 15) is 4.79 Å². The molecule has 2 rings (SSSR count). The van der Waals surface area contributed by atoms with E-state index in [0.717, 1.165) is 11.6 Å². The molecule has 0 aliphatic rings. The normalized spacial score (nSPS) is 7.95. The van der Waals surface area contributed by atoms with Gasteiger partial charge in [0.05, 0.1) is 0 Å². The monoisotopic (exact) mass is 283 g/mol. The minimum absolute atomic E-state index is 0.160. The summed E-state index contributed by atoms with van der Waals surface area (Å²) in [5.74, 6) is 1.89. The summed E-state index contributed by atoms with van der Waals surface area (Å²) < 4.78 is 0. The number of anilines is 1. The van der Waals surface area contributed by atoms with Gasteiger partial charge in [-0.2, -0.15) is 15.2 Å². The summed E-state index contributed by atoms with van der Waals surface area (Å²) in [4.78, 5) is 17.9. The average molecular weight is 283 g/mol. The van der Waals surface area contributed by atoms with Gasteiger partial charge in [0.15, 0.2) is 0 Å². The Hall–Kier alpha value is -2.25. The van der Waals surface area contributed by atoms with Crippen molar-refractivity contribution in [3.05, 3.63) is 18.0 Å². The van der Waals surface area contributed by atoms with Gasteiger partial charge >= 0.3 is 0 Å². The standard InChI is InChI=1S/C4H6N4O.C4H7N3.2C2H6/c1-3(9)7-4-5-2-6-8-4;1-3-5-4(2)7-6-3;2*1-2/h2H,1H3,(H2,5,6,7,8,9);1-2H3,(H,5,6,7);2*1-2H3. The second-order valence-corrected chi connectivity index (χ2v) is 2.98. The number of H-pyrrole nitrogens is 2. The third kappa shape index (κ3) is 10.9. The van der Waals surface area contributed by atoms with Crippen LogP contribution in [0.3, 0.4) is 0 Å². The Morgan fingerprint density at radius 3 is 2.00 bits per heavy atom. The summed E-state index contributed by atoms with van der Waals surface area (Å²) >= 11 is 0. The van der Waals surface area contributed by atoms with Crippen LogP contribution in [-0.4, -0.2) is 36.3 Å². The number of nitrogens with zero attached hydrogens (tertiary/aromatic N) is 4. The summed E-state index contributed by atoms with van der Waals surface area (Å²) in [6.07, 6.45) is 1.32. The molecule has 0 atom stereocenters. The summed E-state index contributed by atoms with van der Waals surface area (Å²) in [6.45, 7) is 13.1. The molecule has 0 aromatic carbocycles. The van der Waals surface area contributed by atoms with Crippen molar-refractivity contribution in [2.75, 3.05) is 5.32 Å². The quantitative estimate of drug-likeness (QED) is 0.743. The Balaban J connectivity index is 0. The first kappa shape index (κ1) is 20.1. The lowest BCUT2D eigenvalue weighted by Crippen LogP contribution is -2.06. The number of amides is 1. The van der Waals surface area contributed by atoms with E-state index < -0.39 is 0 Å². The van der Waals surface area contributed by atoms with Crippen molar-refractivity contribution in [1.29, 1.82) is 0 Å². The molecule has 0 radical (unpaired) electrons. The fourth-order valence-electron chi connectivity index (χ4n) is 0.887. The van der Waals surface area contributed by atoms with Gasteiger partial charge in [-0.05, 0) is 13.8 Å². The van der Waals surface area contributed by atoms with Crippen molar-refractivity contribution in [2.24, 2.45) is 0 Å². The zero-order valence-corrected chi connectivity index (χ0v) is 13.3. The Morgan fingerprint density at radius 2 is 1.75 bits per heavy atom. The van der Waals surface area contributed by atoms with E-state index in [2.05, 4.69) is 35.7 Å². The molecule has 114 valence electrons. The summed E-state index contributed by atoms with van der Waals surface area (Å²) in [7, 11) is 0. The summed E-state index contributed by atoms with van der Waals surface area (Å²) in [5, 5.41) is 14.9. The smallest absolute Gasteiger partial charge is 0.225 e. The van der Waals surface area contributed by atoms with Gasteiger partial charge in [-0.25, -0.2) is 10.1 Å². The lowest BCUT2D eigenvalue weighted by molar-refractivity contribution is -0.114. The van der Waals surface area contributed by atoms with Crippen molar-refractivity contribution < 1.29 is 4.79 Å². The van der Waals surface area contributed by atoms with Gasteiger partial charge in [-0.1, -0.05) is 27.7 Å². The van der Waals surface area contributed by atoms with Gasteiger partial charge in [0.2, 0.25) is 11.9 Å². The van der Waals surface area contributed by atoms with Gasteiger partial charge in [0.1, 0.15) is 18.0 Å². The van der Waals surface area contributed by atoms with Crippen molar-refractivity contribution in [2.45, 2.75) is 48.5 Å². The van der Waals surface area contributed by atoms with Crippen LogP contribution in [0.5, 0.6) is 0 Å². The lowest BCUT2D eigenvalue weighted by atomic mass is 10.7. The molecule has 0 spiro atoms. The number of aromatic amines is 2. The zero-order valence-electron chi connectivity index (χ0n) is 13.3. The summed E-state index contributed by atoms with van der Waals surface area (Å²) in [6, 6.07) is 0. The Labute approximate surface area is 119 Å². The van der Waals surface area contributed by atoms with Crippen LogP contribution < -0.4 is 5.32 Å². The van der Waals surface area contributed by atoms with Crippen LogP contribution in [0.4, 0.5) is 5.95 Å². The molecule has 8 nitrogen and oxygen atoms in total. The minimum atomic E-state index is -0.160. The highest BCUT2D eigenvalue weighted by atomic mass is 16.1. The van der Waals surface area contributed by atoms with Crippen LogP contribution in [0.15, 0.2) is 6.33 Å². The molecule has 2 heterocycles. The number of rotatable bonds is 1. The number of hydrogen-bond donors (Lipinski definition) is 3. The van der Waals surface area contributed by atoms with Gasteiger partial charge < -0.3 is 0 Å². The zero-order chi connectivity index (χ0) is 16.0. The largest absolute Gasteiger partial charge is 0.295 e. The first-order valence-electron chi connectivity index (χ1n) is 6.56. The number of carbonyl (C=O) groups is 1. The predicted molar refractivity (Wildman–Crippen MR) is 79.2 cm³/mol. The van der Waals surface area contributed by atoms with Crippen molar-refractivity contribution in [1.82, 2.24) is 30.4 Å². The number of hydrogen-bond acceptors (Lipinski definition) is 5. The molecule has 0 fully saturated rings. The van der Waals surface area contributed by atoms with Gasteiger partial charge in [0, 0.05) is 6.92 Å². The Bertz CT molecular complexity index is 420. The van der Waals surface area contributed by atoms with Crippen LogP contribution in [0.25, 0.3) is 0 Å². The molecule has 0 bridgehead atoms. The Morgan fingerprint density at radius 1 is 1.15 bits per heavy atom. The number of carbonyl (C=O) groups excluding carboxylic acids is 1. The molecular formula is C12H25N7O. The molecule has 0 saturated heterocycles. The van der Waals surface area contributed by atoms with E-state index >= 15 is 0 Å². The maximum absolute atomic E-state index is 10.3. The van der Waals surface area contributed by atoms with Crippen molar-refractivity contribution in [3.63, 3.8) is 0 Å². The van der Waals surface area contributed by atoms with Gasteiger partial charge in [0.25, 0.3) is 0 Å². The maximum atomic E-state index is 10.3. The molecule has 1 amide bonds. The summed E-state index contributed by atoms with van der Waals surface area (Å²) in [5.41, 5.74) is 0. The first-order valence-corrected chi connectivity index (χ1v) is 6.56. The minimum Gasteiger partial charge on any atom is -0.295 e. The number of nitrogens with one attached hydrogen (secondary N) is 3. The molecular weight excluding hydrogens is 258 g/mol. The second kappa shape index (κ2) is 13.2. The first-order chi connectivity index (χ1) is 9.58. The van der Waals surface area contributed by atoms with E-state index in [0.29, 0.717) is 5.95 Å². The molecule has 0 aliphatic heterocycles. The maximum Gasteiger partial charge on any atom is 0.225 e. The van der Waals surface area contributed by atoms with Crippen LogP contribution in [-0.2, 0) is 4.79 Å². The van der Waals surface area contributed by atoms with Crippen LogP contribution in [0.2, 0.25) is 0 Å². The van der Waals surface area contributed by atoms with E-state index in [1.165, 1.54) is 13.3 Å². The molecule has 0 unspecified atom stereocenters. The fraction of sp³-hybridized carbons (Fsp3) is 0.583. The van der Waals surface area contributed by atoms with Crippen molar-refractivity contribution >= 4 is 11.9 Å². The molecule has 0 saturated carbocycles. The molecule has 20 heavy (non-hydrogen) atoms. The topological polar surface area (TPSA) is 112 Å². The number of aromatic nitrogens is 6. The second-order valence-electron chi connectivity index (χ2n) is 2.98. The highest BCUT2D eigenvalue weighted by Gasteiger charge is 1.94. The molecule has 2 aromatic rings. The predicted octanol–water partition coefficient (Wildman–Crippen LogP) is 2.24. The third-order valence-corrected chi connectivity index (χ3v) is 1.42. The lowest BCUT2D eigenvalue weighted by Gasteiger charge is -1.90. The third-order valence-electron chi connectivity index (χ3n) is 1.42. The molecule has 8 heteroatoms. The van der Waals surface area contributed by atoms with E-state index in [1.54, 1.807) is 0 Å². The molecule has 3 N–H and O–H groups in total.